The van der Waals surface area contributed by atoms with Crippen molar-refractivity contribution in [1.82, 2.24) is 10.0 Å². The van der Waals surface area contributed by atoms with Crippen LogP contribution in [-0.2, 0) is 14.8 Å². The third-order valence-corrected chi connectivity index (χ3v) is 9.68. The summed E-state index contributed by atoms with van der Waals surface area (Å²) in [7, 11) is -3.71. The highest BCUT2D eigenvalue weighted by Gasteiger charge is 2.53. The molecule has 8 heteroatoms. The fourth-order valence-electron chi connectivity index (χ4n) is 7.40. The van der Waals surface area contributed by atoms with Gasteiger partial charge in [0, 0.05) is 24.7 Å². The fourth-order valence-corrected chi connectivity index (χ4v) is 8.53. The van der Waals surface area contributed by atoms with E-state index in [1.807, 2.05) is 0 Å². The van der Waals surface area contributed by atoms with Crippen LogP contribution in [0.15, 0.2) is 34.2 Å². The third-order valence-electron chi connectivity index (χ3n) is 8.30. The van der Waals surface area contributed by atoms with Crippen LogP contribution in [-0.4, -0.2) is 39.3 Å². The van der Waals surface area contributed by atoms with E-state index in [0.29, 0.717) is 35.9 Å². The molecule has 1 heterocycles. The number of nitrogens with zero attached hydrogens (tertiary/aromatic N) is 1. The quantitative estimate of drug-likeness (QED) is 0.537. The lowest BCUT2D eigenvalue weighted by atomic mass is 9.47. The van der Waals surface area contributed by atoms with Crippen molar-refractivity contribution in [2.24, 2.45) is 28.2 Å². The first-order chi connectivity index (χ1) is 15.8. The average Bonchev–Trinajstić information content (AvgIpc) is 3.25. The summed E-state index contributed by atoms with van der Waals surface area (Å²) in [6.07, 6.45) is 10.7. The second-order valence-corrected chi connectivity index (χ2v) is 12.4. The lowest BCUT2D eigenvalue weighted by Crippen LogP contribution is -2.56. The van der Waals surface area contributed by atoms with Crippen molar-refractivity contribution >= 4 is 27.5 Å². The number of amides is 1. The molecule has 4 fully saturated rings. The Kier molecular flexibility index (Phi) is 6.25. The number of hydrogen-bond donors (Lipinski definition) is 3. The molecule has 0 saturated heterocycles. The number of anilines is 1. The van der Waals surface area contributed by atoms with Gasteiger partial charge in [0.05, 0.1) is 11.4 Å². The Bertz CT molecular complexity index is 1000. The van der Waals surface area contributed by atoms with E-state index in [2.05, 4.69) is 27.3 Å². The molecule has 1 atom stereocenters. The van der Waals surface area contributed by atoms with Gasteiger partial charge in [0.25, 0.3) is 10.0 Å². The Balaban J connectivity index is 1.19. The van der Waals surface area contributed by atoms with Crippen LogP contribution in [0.1, 0.15) is 64.7 Å². The summed E-state index contributed by atoms with van der Waals surface area (Å²) in [5, 5.41) is 6.46. The Morgan fingerprint density at radius 1 is 1.15 bits per heavy atom. The Morgan fingerprint density at radius 2 is 1.85 bits per heavy atom. The molecular formula is C25H36N4O3S. The maximum atomic E-state index is 12.7. The fraction of sp³-hybridized carbons (Fsp3) is 0.680. The van der Waals surface area contributed by atoms with Gasteiger partial charge in [-0.15, -0.1) is 0 Å². The number of rotatable bonds is 8. The van der Waals surface area contributed by atoms with Crippen LogP contribution in [0.2, 0.25) is 0 Å². The summed E-state index contributed by atoms with van der Waals surface area (Å²) in [6.45, 7) is 3.12. The van der Waals surface area contributed by atoms with Gasteiger partial charge in [-0.25, -0.2) is 8.42 Å². The number of nitrogens with one attached hydrogen (secondary N) is 3. The Labute approximate surface area is 197 Å². The zero-order chi connectivity index (χ0) is 23.1. The minimum absolute atomic E-state index is 0.128. The molecule has 0 spiro atoms. The van der Waals surface area contributed by atoms with E-state index in [0.717, 1.165) is 30.6 Å². The van der Waals surface area contributed by atoms with Crippen LogP contribution in [0.3, 0.4) is 0 Å². The number of carbonyl (C=O) groups is 1. The van der Waals surface area contributed by atoms with Crippen LogP contribution in [0.4, 0.5) is 5.69 Å². The molecular weight excluding hydrogens is 436 g/mol. The number of hydrogen-bond acceptors (Lipinski definition) is 5. The summed E-state index contributed by atoms with van der Waals surface area (Å²) in [6, 6.07) is 6.77. The molecule has 1 aromatic carbocycles. The van der Waals surface area contributed by atoms with Crippen molar-refractivity contribution in [1.29, 1.82) is 0 Å². The van der Waals surface area contributed by atoms with E-state index in [-0.39, 0.29) is 17.3 Å². The summed E-state index contributed by atoms with van der Waals surface area (Å²) in [5.74, 6) is 3.02. The maximum Gasteiger partial charge on any atom is 0.262 e. The third kappa shape index (κ3) is 4.83. The summed E-state index contributed by atoms with van der Waals surface area (Å²) >= 11 is 0. The molecule has 4 aliphatic carbocycles. The van der Waals surface area contributed by atoms with Crippen LogP contribution in [0.25, 0.3) is 0 Å². The molecule has 0 radical (unpaired) electrons. The van der Waals surface area contributed by atoms with Gasteiger partial charge in [-0.1, -0.05) is 13.0 Å². The van der Waals surface area contributed by atoms with Crippen LogP contribution in [0, 0.1) is 23.2 Å². The molecule has 6 rings (SSSR count). The van der Waals surface area contributed by atoms with Gasteiger partial charge in [-0.3, -0.25) is 14.5 Å². The highest BCUT2D eigenvalue weighted by molar-refractivity contribution is 7.90. The standard InChI is InChI=1S/C25H36N4O3S/c1-2-22(25-13-17-9-18(14-25)11-19(10-17)15-25)27-16-24(30)28-20-5-3-6-21(12-20)33(31,32)29-23-7-4-8-26-23/h3,5-6,12,17-19,22,27H,2,4,7-11,13-16H2,1H3,(H,26,29)(H,28,30). The van der Waals surface area contributed by atoms with Gasteiger partial charge in [0.2, 0.25) is 5.91 Å². The number of sulfonamides is 1. The molecule has 4 bridgehead atoms. The zero-order valence-corrected chi connectivity index (χ0v) is 20.3. The normalized spacial score (nSPS) is 31.3. The molecule has 4 saturated carbocycles. The van der Waals surface area contributed by atoms with E-state index in [1.165, 1.54) is 50.7 Å². The van der Waals surface area contributed by atoms with Crippen LogP contribution >= 0.6 is 0 Å². The second kappa shape index (κ2) is 9.02. The first-order valence-corrected chi connectivity index (χ1v) is 14.0. The number of amidine groups is 1. The second-order valence-electron chi connectivity index (χ2n) is 10.7. The monoisotopic (exact) mass is 472 g/mol. The molecule has 33 heavy (non-hydrogen) atoms. The van der Waals surface area contributed by atoms with E-state index < -0.39 is 10.0 Å². The molecule has 3 N–H and O–H groups in total. The lowest BCUT2D eigenvalue weighted by molar-refractivity contribution is -0.116. The number of carbonyl (C=O) groups excluding carboxylic acids is 1. The predicted octanol–water partition coefficient (Wildman–Crippen LogP) is 3.68. The lowest BCUT2D eigenvalue weighted by Gasteiger charge is -2.59. The molecule has 1 unspecified atom stereocenters. The maximum absolute atomic E-state index is 12.7. The van der Waals surface area contributed by atoms with Crippen molar-refractivity contribution in [2.75, 3.05) is 18.4 Å². The SMILES string of the molecule is CCC(NCC(=O)Nc1cccc(S(=O)(=O)NC2=NCCC2)c1)C12CC3CC(CC(C3)C1)C2. The van der Waals surface area contributed by atoms with Gasteiger partial charge in [-0.05, 0) is 92.7 Å². The van der Waals surface area contributed by atoms with Gasteiger partial charge in [0.15, 0.2) is 0 Å². The van der Waals surface area contributed by atoms with Gasteiger partial charge in [0.1, 0.15) is 5.84 Å². The molecule has 7 nitrogen and oxygen atoms in total. The summed E-state index contributed by atoms with van der Waals surface area (Å²) in [5.41, 5.74) is 0.841. The predicted molar refractivity (Wildman–Crippen MR) is 130 cm³/mol. The van der Waals surface area contributed by atoms with Gasteiger partial charge >= 0.3 is 0 Å². The highest BCUT2D eigenvalue weighted by Crippen LogP contribution is 2.61. The smallest absolute Gasteiger partial charge is 0.262 e. The topological polar surface area (TPSA) is 99.7 Å². The molecule has 1 aliphatic heterocycles. The van der Waals surface area contributed by atoms with Crippen molar-refractivity contribution in [3.8, 4) is 0 Å². The molecule has 0 aromatic heterocycles. The van der Waals surface area contributed by atoms with Crippen molar-refractivity contribution in [2.45, 2.75) is 75.6 Å². The summed E-state index contributed by atoms with van der Waals surface area (Å²) < 4.78 is 27.9. The summed E-state index contributed by atoms with van der Waals surface area (Å²) in [4.78, 5) is 17.1. The Hall–Kier alpha value is -1.93. The number of benzene rings is 1. The van der Waals surface area contributed by atoms with Crippen molar-refractivity contribution < 1.29 is 13.2 Å². The van der Waals surface area contributed by atoms with Crippen LogP contribution in [0.5, 0.6) is 0 Å². The molecule has 1 aromatic rings. The first-order valence-electron chi connectivity index (χ1n) is 12.5. The highest BCUT2D eigenvalue weighted by atomic mass is 32.2. The molecule has 1 amide bonds. The largest absolute Gasteiger partial charge is 0.325 e. The van der Waals surface area contributed by atoms with Gasteiger partial charge < -0.3 is 10.6 Å². The van der Waals surface area contributed by atoms with Crippen molar-refractivity contribution in [3.05, 3.63) is 24.3 Å². The number of aliphatic imine (C=N–C) groups is 1. The van der Waals surface area contributed by atoms with E-state index in [9.17, 15) is 13.2 Å². The van der Waals surface area contributed by atoms with Crippen LogP contribution < -0.4 is 15.4 Å². The Morgan fingerprint density at radius 3 is 2.45 bits per heavy atom. The average molecular weight is 473 g/mol. The van der Waals surface area contributed by atoms with Gasteiger partial charge in [-0.2, -0.15) is 0 Å². The first kappa shape index (κ1) is 22.8. The minimum Gasteiger partial charge on any atom is -0.325 e. The van der Waals surface area contributed by atoms with E-state index in [1.54, 1.807) is 12.1 Å². The minimum atomic E-state index is -3.71. The van der Waals surface area contributed by atoms with Crippen molar-refractivity contribution in [3.63, 3.8) is 0 Å². The molecule has 180 valence electrons. The zero-order valence-electron chi connectivity index (χ0n) is 19.5. The van der Waals surface area contributed by atoms with E-state index in [4.69, 9.17) is 0 Å². The van der Waals surface area contributed by atoms with E-state index >= 15 is 0 Å². The molecule has 5 aliphatic rings.